The molecule has 1 N–H and O–H groups in total. The second-order valence-electron chi connectivity index (χ2n) is 4.68. The summed E-state index contributed by atoms with van der Waals surface area (Å²) in [6.07, 6.45) is 0.0254. The first-order valence-electron chi connectivity index (χ1n) is 6.18. The van der Waals surface area contributed by atoms with Gasteiger partial charge < -0.3 is 4.74 Å². The van der Waals surface area contributed by atoms with E-state index >= 15 is 0 Å². The number of nitrogens with one attached hydrogen (secondary N) is 1. The van der Waals surface area contributed by atoms with E-state index in [4.69, 9.17) is 10.00 Å². The van der Waals surface area contributed by atoms with Crippen molar-refractivity contribution < 1.29 is 13.5 Å². The van der Waals surface area contributed by atoms with E-state index in [1.54, 1.807) is 13.8 Å². The van der Waals surface area contributed by atoms with Crippen LogP contribution in [0, 0.1) is 23.0 Å². The summed E-state index contributed by atoms with van der Waals surface area (Å²) >= 11 is 0. The number of rotatable bonds is 6. The Bertz CT molecular complexity index is 473. The minimum Gasteiger partial charge on any atom is -0.488 e. The van der Waals surface area contributed by atoms with Crippen molar-refractivity contribution in [2.24, 2.45) is 0 Å². The molecule has 1 aromatic carbocycles. The van der Waals surface area contributed by atoms with Crippen LogP contribution in [-0.4, -0.2) is 18.2 Å². The molecule has 0 saturated carbocycles. The van der Waals surface area contributed by atoms with E-state index in [0.29, 0.717) is 13.0 Å². The molecule has 3 nitrogen and oxygen atoms in total. The van der Waals surface area contributed by atoms with Gasteiger partial charge >= 0.3 is 0 Å². The lowest BCUT2D eigenvalue weighted by Crippen LogP contribution is -2.44. The maximum Gasteiger partial charge on any atom is 0.167 e. The first-order valence-corrected chi connectivity index (χ1v) is 6.18. The van der Waals surface area contributed by atoms with Crippen LogP contribution in [0.15, 0.2) is 18.2 Å². The second kappa shape index (κ2) is 6.48. The summed E-state index contributed by atoms with van der Waals surface area (Å²) in [6.45, 7) is 6.07. The molecule has 0 bridgehead atoms. The Morgan fingerprint density at radius 2 is 2.16 bits per heavy atom. The molecule has 1 rings (SSSR count). The van der Waals surface area contributed by atoms with E-state index < -0.39 is 17.2 Å². The zero-order valence-corrected chi connectivity index (χ0v) is 11.3. The van der Waals surface area contributed by atoms with Crippen molar-refractivity contribution in [2.45, 2.75) is 38.8 Å². The van der Waals surface area contributed by atoms with Crippen molar-refractivity contribution in [1.29, 1.82) is 5.26 Å². The fraction of sp³-hybridized carbons (Fsp3) is 0.500. The average Bonchev–Trinajstić information content (AvgIpc) is 2.33. The van der Waals surface area contributed by atoms with Crippen molar-refractivity contribution >= 4 is 0 Å². The molecule has 0 saturated heterocycles. The van der Waals surface area contributed by atoms with Crippen LogP contribution in [0.4, 0.5) is 8.78 Å². The molecule has 0 aliphatic rings. The van der Waals surface area contributed by atoms with Gasteiger partial charge in [-0.25, -0.2) is 8.78 Å². The van der Waals surface area contributed by atoms with Crippen molar-refractivity contribution in [3.05, 3.63) is 29.8 Å². The standard InChI is InChI=1S/C14H18F2N2O/c1-4-18-14(3,9-17)8-10(2)19-13-6-5-11(15)7-12(13)16/h5-7,10,18H,4,8H2,1-3H3. The topological polar surface area (TPSA) is 45.0 Å². The van der Waals surface area contributed by atoms with Crippen LogP contribution in [0.3, 0.4) is 0 Å². The second-order valence-corrected chi connectivity index (χ2v) is 4.68. The third-order valence-electron chi connectivity index (χ3n) is 2.73. The molecule has 2 unspecified atom stereocenters. The van der Waals surface area contributed by atoms with Gasteiger partial charge in [0.25, 0.3) is 0 Å². The Morgan fingerprint density at radius 3 is 2.68 bits per heavy atom. The van der Waals surface area contributed by atoms with Gasteiger partial charge in [0.1, 0.15) is 11.4 Å². The van der Waals surface area contributed by atoms with Crippen LogP contribution in [0.25, 0.3) is 0 Å². The number of halogens is 2. The molecule has 0 heterocycles. The minimum atomic E-state index is -0.742. The molecule has 0 fully saturated rings. The zero-order chi connectivity index (χ0) is 14.5. The molecule has 19 heavy (non-hydrogen) atoms. The lowest BCUT2D eigenvalue weighted by molar-refractivity contribution is 0.173. The molecule has 0 amide bonds. The zero-order valence-electron chi connectivity index (χ0n) is 11.3. The fourth-order valence-corrected chi connectivity index (χ4v) is 1.95. The molecule has 104 valence electrons. The van der Waals surface area contributed by atoms with Gasteiger partial charge in [0.15, 0.2) is 11.6 Å². The van der Waals surface area contributed by atoms with E-state index in [0.717, 1.165) is 12.1 Å². The quantitative estimate of drug-likeness (QED) is 0.862. The van der Waals surface area contributed by atoms with E-state index in [1.807, 2.05) is 6.92 Å². The van der Waals surface area contributed by atoms with Gasteiger partial charge in [-0.2, -0.15) is 5.26 Å². The number of ether oxygens (including phenoxy) is 1. The molecule has 0 aliphatic carbocycles. The normalized spacial score (nSPS) is 15.4. The lowest BCUT2D eigenvalue weighted by Gasteiger charge is -2.26. The maximum absolute atomic E-state index is 13.4. The summed E-state index contributed by atoms with van der Waals surface area (Å²) in [5.41, 5.74) is -0.731. The lowest BCUT2D eigenvalue weighted by atomic mass is 9.96. The number of hydrogen-bond donors (Lipinski definition) is 1. The van der Waals surface area contributed by atoms with Crippen molar-refractivity contribution in [2.75, 3.05) is 6.54 Å². The van der Waals surface area contributed by atoms with Gasteiger partial charge in [0.2, 0.25) is 0 Å². The monoisotopic (exact) mass is 268 g/mol. The van der Waals surface area contributed by atoms with E-state index in [9.17, 15) is 8.78 Å². The van der Waals surface area contributed by atoms with Crippen molar-refractivity contribution in [1.82, 2.24) is 5.32 Å². The summed E-state index contributed by atoms with van der Waals surface area (Å²) in [5.74, 6) is -1.40. The van der Waals surface area contributed by atoms with Crippen LogP contribution in [0.2, 0.25) is 0 Å². The molecule has 2 atom stereocenters. The first kappa shape index (κ1) is 15.4. The van der Waals surface area contributed by atoms with Crippen LogP contribution < -0.4 is 10.1 Å². The Labute approximate surface area is 112 Å². The van der Waals surface area contributed by atoms with E-state index in [2.05, 4.69) is 11.4 Å². The van der Waals surface area contributed by atoms with Crippen LogP contribution >= 0.6 is 0 Å². The largest absolute Gasteiger partial charge is 0.488 e. The van der Waals surface area contributed by atoms with Gasteiger partial charge in [0, 0.05) is 12.5 Å². The van der Waals surface area contributed by atoms with Gasteiger partial charge in [-0.15, -0.1) is 0 Å². The highest BCUT2D eigenvalue weighted by molar-refractivity contribution is 5.25. The summed E-state index contributed by atoms with van der Waals surface area (Å²) in [5, 5.41) is 12.2. The molecule has 1 aromatic rings. The Hall–Kier alpha value is -1.67. The summed E-state index contributed by atoms with van der Waals surface area (Å²) in [7, 11) is 0. The Balaban J connectivity index is 2.69. The van der Waals surface area contributed by atoms with Crippen molar-refractivity contribution in [3.8, 4) is 11.8 Å². The van der Waals surface area contributed by atoms with Gasteiger partial charge in [-0.05, 0) is 32.5 Å². The number of hydrogen-bond acceptors (Lipinski definition) is 3. The van der Waals surface area contributed by atoms with Gasteiger partial charge in [-0.3, -0.25) is 5.32 Å². The number of nitrogens with zero attached hydrogens (tertiary/aromatic N) is 1. The first-order chi connectivity index (χ1) is 8.90. The van der Waals surface area contributed by atoms with Crippen LogP contribution in [-0.2, 0) is 0 Å². The average molecular weight is 268 g/mol. The highest BCUT2D eigenvalue weighted by Crippen LogP contribution is 2.22. The Morgan fingerprint density at radius 1 is 1.47 bits per heavy atom. The Kier molecular flexibility index (Phi) is 5.25. The third kappa shape index (κ3) is 4.49. The molecule has 0 spiro atoms. The molecule has 5 heteroatoms. The summed E-state index contributed by atoms with van der Waals surface area (Å²) in [6, 6.07) is 5.33. The van der Waals surface area contributed by atoms with E-state index in [-0.39, 0.29) is 11.9 Å². The van der Waals surface area contributed by atoms with E-state index in [1.165, 1.54) is 6.07 Å². The van der Waals surface area contributed by atoms with Crippen LogP contribution in [0.1, 0.15) is 27.2 Å². The number of benzene rings is 1. The third-order valence-corrected chi connectivity index (χ3v) is 2.73. The van der Waals surface area contributed by atoms with Crippen molar-refractivity contribution in [3.63, 3.8) is 0 Å². The highest BCUT2D eigenvalue weighted by Gasteiger charge is 2.26. The fourth-order valence-electron chi connectivity index (χ4n) is 1.95. The number of nitriles is 1. The molecule has 0 radical (unpaired) electrons. The van der Waals surface area contributed by atoms with Gasteiger partial charge in [-0.1, -0.05) is 6.92 Å². The molecule has 0 aromatic heterocycles. The molecule has 0 aliphatic heterocycles. The SMILES string of the molecule is CCNC(C)(C#N)CC(C)Oc1ccc(F)cc1F. The summed E-state index contributed by atoms with van der Waals surface area (Å²) in [4.78, 5) is 0. The predicted octanol–water partition coefficient (Wildman–Crippen LogP) is 3.01. The van der Waals surface area contributed by atoms with Gasteiger partial charge in [0.05, 0.1) is 12.2 Å². The predicted molar refractivity (Wildman–Crippen MR) is 68.8 cm³/mol. The minimum absolute atomic E-state index is 0.00862. The highest BCUT2D eigenvalue weighted by atomic mass is 19.1. The maximum atomic E-state index is 13.4. The molecular formula is C14H18F2N2O. The smallest absolute Gasteiger partial charge is 0.167 e. The van der Waals surface area contributed by atoms with Crippen LogP contribution in [0.5, 0.6) is 5.75 Å². The molecular weight excluding hydrogens is 250 g/mol. The summed E-state index contributed by atoms with van der Waals surface area (Å²) < 4.78 is 31.6.